The highest BCUT2D eigenvalue weighted by molar-refractivity contribution is 9.10. The summed E-state index contributed by atoms with van der Waals surface area (Å²) in [6.45, 7) is 0.827. The second-order valence-electron chi connectivity index (χ2n) is 4.02. The Bertz CT molecular complexity index is 529. The van der Waals surface area contributed by atoms with Crippen LogP contribution >= 0.6 is 39.9 Å². The first-order valence-corrected chi connectivity index (χ1v) is 8.50. The molecule has 0 aliphatic rings. The van der Waals surface area contributed by atoms with Crippen molar-refractivity contribution in [2.45, 2.75) is 5.75 Å². The van der Waals surface area contributed by atoms with Crippen molar-refractivity contribution >= 4 is 50.7 Å². The molecule has 3 nitrogen and oxygen atoms in total. The van der Waals surface area contributed by atoms with Crippen LogP contribution in [-0.2, 0) is 5.75 Å². The van der Waals surface area contributed by atoms with Crippen molar-refractivity contribution in [3.05, 3.63) is 52.9 Å². The average Bonchev–Trinajstić information content (AvgIpc) is 2.94. The SMILES string of the molecule is S=C(NCCSCc1ccco1)Nc1ccc(Br)cc1. The van der Waals surface area contributed by atoms with E-state index in [9.17, 15) is 0 Å². The third kappa shape index (κ3) is 5.56. The smallest absolute Gasteiger partial charge is 0.170 e. The van der Waals surface area contributed by atoms with Crippen molar-refractivity contribution in [2.24, 2.45) is 0 Å². The lowest BCUT2D eigenvalue weighted by molar-refractivity contribution is 0.530. The normalized spacial score (nSPS) is 10.2. The van der Waals surface area contributed by atoms with Crippen LogP contribution in [0.1, 0.15) is 5.76 Å². The van der Waals surface area contributed by atoms with E-state index in [4.69, 9.17) is 16.6 Å². The molecular weight excluding hydrogens is 356 g/mol. The van der Waals surface area contributed by atoms with Crippen molar-refractivity contribution in [1.29, 1.82) is 0 Å². The zero-order valence-corrected chi connectivity index (χ0v) is 14.0. The van der Waals surface area contributed by atoms with E-state index in [1.54, 1.807) is 6.26 Å². The number of thioether (sulfide) groups is 1. The molecule has 1 aromatic heterocycles. The van der Waals surface area contributed by atoms with Gasteiger partial charge in [0, 0.05) is 22.5 Å². The highest BCUT2D eigenvalue weighted by atomic mass is 79.9. The van der Waals surface area contributed by atoms with Crippen molar-refractivity contribution in [2.75, 3.05) is 17.6 Å². The van der Waals surface area contributed by atoms with E-state index in [1.807, 2.05) is 48.2 Å². The quantitative estimate of drug-likeness (QED) is 0.586. The van der Waals surface area contributed by atoms with Crippen LogP contribution in [0, 0.1) is 0 Å². The molecule has 0 saturated heterocycles. The molecule has 6 heteroatoms. The second-order valence-corrected chi connectivity index (χ2v) is 6.45. The summed E-state index contributed by atoms with van der Waals surface area (Å²) in [5.74, 6) is 2.87. The molecule has 0 spiro atoms. The molecule has 0 atom stereocenters. The fourth-order valence-corrected chi connectivity index (χ4v) is 2.75. The number of thiocarbonyl (C=S) groups is 1. The molecule has 0 saturated carbocycles. The maximum absolute atomic E-state index is 5.27. The molecule has 20 heavy (non-hydrogen) atoms. The predicted molar refractivity (Wildman–Crippen MR) is 93.2 cm³/mol. The number of nitrogens with one attached hydrogen (secondary N) is 2. The summed E-state index contributed by atoms with van der Waals surface area (Å²) in [6, 6.07) is 11.8. The molecular formula is C14H15BrN2OS2. The summed E-state index contributed by atoms with van der Waals surface area (Å²) in [5, 5.41) is 6.97. The summed E-state index contributed by atoms with van der Waals surface area (Å²) in [4.78, 5) is 0. The Labute approximate surface area is 136 Å². The van der Waals surface area contributed by atoms with Crippen LogP contribution in [-0.4, -0.2) is 17.4 Å². The number of hydrogen-bond donors (Lipinski definition) is 2. The first kappa shape index (κ1) is 15.4. The molecule has 0 aliphatic carbocycles. The van der Waals surface area contributed by atoms with E-state index in [0.29, 0.717) is 5.11 Å². The Hall–Kier alpha value is -0.980. The number of furan rings is 1. The summed E-state index contributed by atoms with van der Waals surface area (Å²) in [6.07, 6.45) is 1.70. The number of hydrogen-bond acceptors (Lipinski definition) is 3. The number of halogens is 1. The van der Waals surface area contributed by atoms with Gasteiger partial charge in [-0.2, -0.15) is 11.8 Å². The molecule has 0 fully saturated rings. The molecule has 2 rings (SSSR count). The van der Waals surface area contributed by atoms with Crippen LogP contribution in [0.3, 0.4) is 0 Å². The highest BCUT2D eigenvalue weighted by Crippen LogP contribution is 2.14. The molecule has 0 bridgehead atoms. The molecule has 1 aromatic carbocycles. The zero-order valence-electron chi connectivity index (χ0n) is 10.8. The lowest BCUT2D eigenvalue weighted by Gasteiger charge is -2.10. The number of anilines is 1. The lowest BCUT2D eigenvalue weighted by Crippen LogP contribution is -2.30. The maximum atomic E-state index is 5.27. The summed E-state index contributed by atoms with van der Waals surface area (Å²) < 4.78 is 6.32. The van der Waals surface area contributed by atoms with Gasteiger partial charge in [-0.15, -0.1) is 0 Å². The molecule has 2 N–H and O–H groups in total. The molecule has 0 aliphatic heterocycles. The summed E-state index contributed by atoms with van der Waals surface area (Å²) in [7, 11) is 0. The van der Waals surface area contributed by atoms with E-state index in [-0.39, 0.29) is 0 Å². The molecule has 1 heterocycles. The first-order valence-electron chi connectivity index (χ1n) is 6.14. The topological polar surface area (TPSA) is 37.2 Å². The van der Waals surface area contributed by atoms with Crippen molar-refractivity contribution in [3.8, 4) is 0 Å². The zero-order chi connectivity index (χ0) is 14.2. The van der Waals surface area contributed by atoms with E-state index in [2.05, 4.69) is 26.6 Å². The molecule has 0 radical (unpaired) electrons. The van der Waals surface area contributed by atoms with Gasteiger partial charge in [0.25, 0.3) is 0 Å². The van der Waals surface area contributed by atoms with Gasteiger partial charge < -0.3 is 15.1 Å². The van der Waals surface area contributed by atoms with Crippen LogP contribution in [0.15, 0.2) is 51.6 Å². The molecule has 2 aromatic rings. The van der Waals surface area contributed by atoms with E-state index < -0.39 is 0 Å². The van der Waals surface area contributed by atoms with Crippen LogP contribution in [0.2, 0.25) is 0 Å². The average molecular weight is 371 g/mol. The van der Waals surface area contributed by atoms with Crippen LogP contribution in [0.4, 0.5) is 5.69 Å². The van der Waals surface area contributed by atoms with Gasteiger partial charge in [-0.1, -0.05) is 15.9 Å². The van der Waals surface area contributed by atoms with Crippen molar-refractivity contribution in [1.82, 2.24) is 5.32 Å². The lowest BCUT2D eigenvalue weighted by atomic mass is 10.3. The Morgan fingerprint density at radius 2 is 2.05 bits per heavy atom. The van der Waals surface area contributed by atoms with Gasteiger partial charge in [-0.05, 0) is 48.6 Å². The van der Waals surface area contributed by atoms with Gasteiger partial charge >= 0.3 is 0 Å². The summed E-state index contributed by atoms with van der Waals surface area (Å²) >= 11 is 10.4. The van der Waals surface area contributed by atoms with E-state index in [0.717, 1.165) is 34.0 Å². The Morgan fingerprint density at radius 3 is 2.75 bits per heavy atom. The number of benzene rings is 1. The van der Waals surface area contributed by atoms with Gasteiger partial charge in [-0.3, -0.25) is 0 Å². The molecule has 0 unspecified atom stereocenters. The van der Waals surface area contributed by atoms with Gasteiger partial charge in [0.15, 0.2) is 5.11 Å². The van der Waals surface area contributed by atoms with Crippen molar-refractivity contribution < 1.29 is 4.42 Å². The van der Waals surface area contributed by atoms with E-state index in [1.165, 1.54) is 0 Å². The predicted octanol–water partition coefficient (Wildman–Crippen LogP) is 4.26. The largest absolute Gasteiger partial charge is 0.468 e. The van der Waals surface area contributed by atoms with Gasteiger partial charge in [0.1, 0.15) is 5.76 Å². The monoisotopic (exact) mass is 370 g/mol. The minimum atomic E-state index is 0.644. The molecule has 106 valence electrons. The fourth-order valence-electron chi connectivity index (χ4n) is 1.51. The third-order valence-electron chi connectivity index (χ3n) is 2.46. The van der Waals surface area contributed by atoms with Gasteiger partial charge in [0.2, 0.25) is 0 Å². The third-order valence-corrected chi connectivity index (χ3v) is 4.21. The van der Waals surface area contributed by atoms with Gasteiger partial charge in [0.05, 0.1) is 12.0 Å². The maximum Gasteiger partial charge on any atom is 0.170 e. The van der Waals surface area contributed by atoms with Crippen LogP contribution in [0.25, 0.3) is 0 Å². The first-order chi connectivity index (χ1) is 9.74. The van der Waals surface area contributed by atoms with E-state index >= 15 is 0 Å². The summed E-state index contributed by atoms with van der Waals surface area (Å²) in [5.41, 5.74) is 0.980. The number of rotatable bonds is 6. The standard InChI is InChI=1S/C14H15BrN2OS2/c15-11-3-5-12(6-4-11)17-14(19)16-7-9-20-10-13-2-1-8-18-13/h1-6,8H,7,9-10H2,(H2,16,17,19). The minimum Gasteiger partial charge on any atom is -0.468 e. The minimum absolute atomic E-state index is 0.644. The van der Waals surface area contributed by atoms with Crippen LogP contribution in [0.5, 0.6) is 0 Å². The van der Waals surface area contributed by atoms with Crippen LogP contribution < -0.4 is 10.6 Å². The van der Waals surface area contributed by atoms with Gasteiger partial charge in [-0.25, -0.2) is 0 Å². The fraction of sp³-hybridized carbons (Fsp3) is 0.214. The van der Waals surface area contributed by atoms with Crippen molar-refractivity contribution in [3.63, 3.8) is 0 Å². The Morgan fingerprint density at radius 1 is 1.25 bits per heavy atom. The Kier molecular flexibility index (Phi) is 6.42. The molecule has 0 amide bonds. The second kappa shape index (κ2) is 8.34. The highest BCUT2D eigenvalue weighted by Gasteiger charge is 1.98. The Balaban J connectivity index is 1.59.